The molecule has 0 aromatic heterocycles. The van der Waals surface area contributed by atoms with Gasteiger partial charge in [-0.1, -0.05) is 72.9 Å². The normalized spacial score (nSPS) is 17.5. The van der Waals surface area contributed by atoms with Gasteiger partial charge in [0.2, 0.25) is 0 Å². The van der Waals surface area contributed by atoms with Gasteiger partial charge >= 0.3 is 0 Å². The summed E-state index contributed by atoms with van der Waals surface area (Å²) in [6.45, 7) is 27.4. The first-order valence-electron chi connectivity index (χ1n) is 13.9. The summed E-state index contributed by atoms with van der Waals surface area (Å²) in [6.07, 6.45) is 26.2. The molecule has 0 rings (SSSR count). The molecule has 0 aliphatic carbocycles. The van der Waals surface area contributed by atoms with E-state index >= 15 is 0 Å². The molecule has 1 nitrogen and oxygen atoms in total. The Morgan fingerprint density at radius 3 is 0.684 bits per heavy atom. The molecule has 0 radical (unpaired) electrons. The van der Waals surface area contributed by atoms with Crippen molar-refractivity contribution in [2.75, 3.05) is 0 Å². The molecule has 0 atom stereocenters. The highest BCUT2D eigenvalue weighted by atomic mass is 14.6. The molecule has 0 aliphatic heterocycles. The van der Waals surface area contributed by atoms with Gasteiger partial charge in [0.1, 0.15) is 0 Å². The lowest BCUT2D eigenvalue weighted by atomic mass is 9.78. The molecule has 2 N–H and O–H groups in total. The predicted molar refractivity (Wildman–Crippen MR) is 175 cm³/mol. The summed E-state index contributed by atoms with van der Waals surface area (Å²) in [5, 5.41) is 0. The summed E-state index contributed by atoms with van der Waals surface area (Å²) in [6, 6.07) is 0. The van der Waals surface area contributed by atoms with E-state index in [1.165, 1.54) is 50.2 Å². The van der Waals surface area contributed by atoms with Gasteiger partial charge in [-0.15, -0.1) is 0 Å². The lowest BCUT2D eigenvalue weighted by Gasteiger charge is -2.26. The summed E-state index contributed by atoms with van der Waals surface area (Å²) < 4.78 is 0. The smallest absolute Gasteiger partial charge is 0.0347 e. The third kappa shape index (κ3) is 7.84. The second-order valence-corrected chi connectivity index (χ2v) is 8.74. The molecule has 0 unspecified atom stereocenters. The minimum Gasteiger partial charge on any atom is -0.399 e. The average Bonchev–Trinajstić information content (AvgIpc) is 2.95. The van der Waals surface area contributed by atoms with E-state index < -0.39 is 0 Å². The van der Waals surface area contributed by atoms with Crippen LogP contribution in [-0.2, 0) is 0 Å². The van der Waals surface area contributed by atoms with Gasteiger partial charge in [-0.25, -0.2) is 0 Å². The first kappa shape index (κ1) is 34.7. The Kier molecular flexibility index (Phi) is 16.4. The van der Waals surface area contributed by atoms with E-state index in [2.05, 4.69) is 143 Å². The highest BCUT2D eigenvalue weighted by Gasteiger charge is 2.23. The van der Waals surface area contributed by atoms with Gasteiger partial charge in [0.05, 0.1) is 0 Å². The molecule has 0 aromatic carbocycles. The number of hydrogen-bond acceptors (Lipinski definition) is 1. The van der Waals surface area contributed by atoms with Gasteiger partial charge in [0, 0.05) is 11.3 Å². The Morgan fingerprint density at radius 1 is 0.289 bits per heavy atom. The topological polar surface area (TPSA) is 26.0 Å². The van der Waals surface area contributed by atoms with Crippen LogP contribution < -0.4 is 5.73 Å². The molecule has 0 saturated carbocycles. The quantitative estimate of drug-likeness (QED) is 0.274. The molecule has 206 valence electrons. The van der Waals surface area contributed by atoms with E-state index in [0.29, 0.717) is 0 Å². The molecular formula is C37H53N. The molecule has 0 amide bonds. The van der Waals surface area contributed by atoms with Crippen molar-refractivity contribution in [2.24, 2.45) is 5.73 Å². The molecule has 38 heavy (non-hydrogen) atoms. The van der Waals surface area contributed by atoms with E-state index in [1.54, 1.807) is 0 Å². The highest BCUT2D eigenvalue weighted by molar-refractivity contribution is 5.74. The van der Waals surface area contributed by atoms with E-state index in [4.69, 9.17) is 5.73 Å². The largest absolute Gasteiger partial charge is 0.399 e. The molecule has 0 aliphatic rings. The van der Waals surface area contributed by atoms with Gasteiger partial charge in [0.15, 0.2) is 0 Å². The summed E-state index contributed by atoms with van der Waals surface area (Å²) in [7, 11) is 0. The fourth-order valence-electron chi connectivity index (χ4n) is 5.03. The van der Waals surface area contributed by atoms with Crippen molar-refractivity contribution in [1.29, 1.82) is 0 Å². The zero-order chi connectivity index (χ0) is 29.4. The lowest BCUT2D eigenvalue weighted by molar-refractivity contribution is 1.21. The zero-order valence-electron chi connectivity index (χ0n) is 26.5. The number of allylic oxidation sites excluding steroid dienone is 22. The Hall–Kier alpha value is -3.32. The summed E-state index contributed by atoms with van der Waals surface area (Å²) >= 11 is 0. The Morgan fingerprint density at radius 2 is 0.500 bits per heavy atom. The van der Waals surface area contributed by atoms with Crippen molar-refractivity contribution in [3.05, 3.63) is 140 Å². The molecule has 0 spiro atoms. The van der Waals surface area contributed by atoms with Gasteiger partial charge in [-0.3, -0.25) is 0 Å². The predicted octanol–water partition coefficient (Wildman–Crippen LogP) is 11.3. The van der Waals surface area contributed by atoms with Crippen LogP contribution in [0.15, 0.2) is 140 Å². The number of rotatable bonds is 11. The van der Waals surface area contributed by atoms with E-state index in [1.807, 2.05) is 19.9 Å². The molecular weight excluding hydrogens is 458 g/mol. The SMILES string of the molecule is CC=C(C)C(=CC)C(=CC)C(=CC)C(=CC)C(=CC)C(=CC)C(=CC)C(=CC)C(=CC)C(=CC)C(N)=CC. The molecule has 0 heterocycles. The standard InChI is InChI=1S/C37H53N/c1-14-26(13)27(15-2)28(16-3)29(17-4)30(18-5)31(19-6)32(20-7)33(21-8)34(22-9)35(23-10)36(24-11)37(38)25-12/h14-25H,38H2,1-13H3. The Labute approximate surface area is 235 Å². The van der Waals surface area contributed by atoms with Crippen LogP contribution in [-0.4, -0.2) is 0 Å². The second-order valence-electron chi connectivity index (χ2n) is 8.74. The minimum absolute atomic E-state index is 0.782. The Balaban J connectivity index is 7.21. The van der Waals surface area contributed by atoms with Crippen molar-refractivity contribution < 1.29 is 0 Å². The summed E-state index contributed by atoms with van der Waals surface area (Å²) in [5.74, 6) is 0. The summed E-state index contributed by atoms with van der Waals surface area (Å²) in [5.41, 5.74) is 20.4. The monoisotopic (exact) mass is 511 g/mol. The molecule has 0 saturated heterocycles. The maximum Gasteiger partial charge on any atom is 0.0347 e. The molecule has 1 heteroatoms. The van der Waals surface area contributed by atoms with Crippen LogP contribution in [0.4, 0.5) is 0 Å². The average molecular weight is 512 g/mol. The molecule has 0 fully saturated rings. The van der Waals surface area contributed by atoms with E-state index in [0.717, 1.165) is 16.8 Å². The molecule has 0 aromatic rings. The maximum absolute atomic E-state index is 6.43. The van der Waals surface area contributed by atoms with Crippen LogP contribution in [0.2, 0.25) is 0 Å². The first-order chi connectivity index (χ1) is 18.2. The van der Waals surface area contributed by atoms with Crippen molar-refractivity contribution in [2.45, 2.75) is 90.0 Å². The maximum atomic E-state index is 6.43. The van der Waals surface area contributed by atoms with Crippen LogP contribution >= 0.6 is 0 Å². The fraction of sp³-hybridized carbons (Fsp3) is 0.351. The minimum atomic E-state index is 0.782. The third-order valence-corrected chi connectivity index (χ3v) is 6.98. The van der Waals surface area contributed by atoms with Crippen molar-refractivity contribution in [3.63, 3.8) is 0 Å². The van der Waals surface area contributed by atoms with Crippen LogP contribution in [0.1, 0.15) is 90.0 Å². The fourth-order valence-corrected chi connectivity index (χ4v) is 5.03. The van der Waals surface area contributed by atoms with Gasteiger partial charge in [0.25, 0.3) is 0 Å². The van der Waals surface area contributed by atoms with Crippen LogP contribution in [0.3, 0.4) is 0 Å². The third-order valence-electron chi connectivity index (χ3n) is 6.98. The summed E-state index contributed by atoms with van der Waals surface area (Å²) in [4.78, 5) is 0. The molecule has 0 bridgehead atoms. The van der Waals surface area contributed by atoms with Gasteiger partial charge in [-0.05, 0) is 146 Å². The number of nitrogens with two attached hydrogens (primary N) is 1. The lowest BCUT2D eigenvalue weighted by Crippen LogP contribution is -2.10. The van der Waals surface area contributed by atoms with Crippen molar-refractivity contribution in [3.8, 4) is 0 Å². The second kappa shape index (κ2) is 18.0. The van der Waals surface area contributed by atoms with Crippen LogP contribution in [0, 0.1) is 0 Å². The van der Waals surface area contributed by atoms with E-state index in [9.17, 15) is 0 Å². The zero-order valence-corrected chi connectivity index (χ0v) is 26.5. The Bertz CT molecular complexity index is 1100. The van der Waals surface area contributed by atoms with Gasteiger partial charge in [-0.2, -0.15) is 0 Å². The highest BCUT2D eigenvalue weighted by Crippen LogP contribution is 2.41. The van der Waals surface area contributed by atoms with Crippen molar-refractivity contribution >= 4 is 0 Å². The van der Waals surface area contributed by atoms with Crippen LogP contribution in [0.25, 0.3) is 0 Å². The van der Waals surface area contributed by atoms with Gasteiger partial charge < -0.3 is 5.73 Å². The van der Waals surface area contributed by atoms with E-state index in [-0.39, 0.29) is 0 Å². The first-order valence-corrected chi connectivity index (χ1v) is 13.9. The van der Waals surface area contributed by atoms with Crippen LogP contribution in [0.5, 0.6) is 0 Å². The van der Waals surface area contributed by atoms with Crippen molar-refractivity contribution in [1.82, 2.24) is 0 Å². The number of hydrogen-bond donors (Lipinski definition) is 1.